The maximum atomic E-state index is 12.9. The van der Waals surface area contributed by atoms with E-state index in [1.54, 1.807) is 4.90 Å². The first-order valence-electron chi connectivity index (χ1n) is 9.44. The molecule has 6 heteroatoms. The minimum atomic E-state index is -0.756. The molecule has 24 heavy (non-hydrogen) atoms. The zero-order chi connectivity index (χ0) is 17.2. The van der Waals surface area contributed by atoms with Gasteiger partial charge in [0.15, 0.2) is 0 Å². The molecule has 1 saturated carbocycles. The predicted molar refractivity (Wildman–Crippen MR) is 90.3 cm³/mol. The van der Waals surface area contributed by atoms with E-state index >= 15 is 0 Å². The number of likely N-dealkylation sites (tertiary alicyclic amines) is 1. The van der Waals surface area contributed by atoms with Crippen molar-refractivity contribution < 1.29 is 14.4 Å². The summed E-state index contributed by atoms with van der Waals surface area (Å²) < 4.78 is 0. The van der Waals surface area contributed by atoms with Gasteiger partial charge < -0.3 is 10.2 Å². The van der Waals surface area contributed by atoms with E-state index in [9.17, 15) is 14.4 Å². The smallest absolute Gasteiger partial charge is 0.325 e. The van der Waals surface area contributed by atoms with Crippen molar-refractivity contribution in [3.8, 4) is 0 Å². The van der Waals surface area contributed by atoms with Gasteiger partial charge in [0.2, 0.25) is 5.91 Å². The maximum Gasteiger partial charge on any atom is 0.325 e. The normalized spacial score (nSPS) is 25.5. The van der Waals surface area contributed by atoms with E-state index in [0.717, 1.165) is 56.5 Å². The molecule has 134 valence electrons. The van der Waals surface area contributed by atoms with E-state index in [-0.39, 0.29) is 24.4 Å². The molecule has 1 aliphatic carbocycles. The van der Waals surface area contributed by atoms with Gasteiger partial charge in [-0.2, -0.15) is 0 Å². The molecule has 3 rings (SSSR count). The molecular formula is C18H29N3O3. The summed E-state index contributed by atoms with van der Waals surface area (Å²) in [4.78, 5) is 40.7. The summed E-state index contributed by atoms with van der Waals surface area (Å²) in [5.74, 6) is 0.352. The summed E-state index contributed by atoms with van der Waals surface area (Å²) in [5.41, 5.74) is -0.756. The number of piperidine rings is 1. The number of hydrogen-bond donors (Lipinski definition) is 1. The van der Waals surface area contributed by atoms with Crippen molar-refractivity contribution in [1.29, 1.82) is 0 Å². The molecule has 3 fully saturated rings. The molecule has 0 atom stereocenters. The Bertz CT molecular complexity index is 504. The van der Waals surface area contributed by atoms with Crippen LogP contribution in [0.5, 0.6) is 0 Å². The van der Waals surface area contributed by atoms with Gasteiger partial charge >= 0.3 is 6.03 Å². The summed E-state index contributed by atoms with van der Waals surface area (Å²) in [6.45, 7) is 3.54. The lowest BCUT2D eigenvalue weighted by Crippen LogP contribution is -2.49. The molecular weight excluding hydrogens is 306 g/mol. The first-order chi connectivity index (χ1) is 11.5. The predicted octanol–water partition coefficient (Wildman–Crippen LogP) is 2.28. The van der Waals surface area contributed by atoms with E-state index in [1.807, 2.05) is 0 Å². The molecule has 4 amide bonds. The number of rotatable bonds is 2. The lowest BCUT2D eigenvalue weighted by Gasteiger charge is -2.31. The van der Waals surface area contributed by atoms with Crippen molar-refractivity contribution in [3.63, 3.8) is 0 Å². The summed E-state index contributed by atoms with van der Waals surface area (Å²) in [5, 5.41) is 2.92. The zero-order valence-electron chi connectivity index (χ0n) is 14.7. The zero-order valence-corrected chi connectivity index (χ0v) is 14.7. The summed E-state index contributed by atoms with van der Waals surface area (Å²) in [7, 11) is 0. The first-order valence-corrected chi connectivity index (χ1v) is 9.44. The average molecular weight is 335 g/mol. The molecule has 2 aliphatic heterocycles. The van der Waals surface area contributed by atoms with Crippen LogP contribution in [-0.2, 0) is 9.59 Å². The van der Waals surface area contributed by atoms with Gasteiger partial charge in [0, 0.05) is 13.1 Å². The maximum absolute atomic E-state index is 12.9. The number of nitrogens with zero attached hydrogens (tertiary/aromatic N) is 2. The highest BCUT2D eigenvalue weighted by Crippen LogP contribution is 2.32. The van der Waals surface area contributed by atoms with Crippen molar-refractivity contribution >= 4 is 17.8 Å². The minimum Gasteiger partial charge on any atom is -0.341 e. The molecule has 0 aromatic carbocycles. The van der Waals surface area contributed by atoms with Crippen LogP contribution in [0.3, 0.4) is 0 Å². The molecule has 0 aromatic heterocycles. The van der Waals surface area contributed by atoms with Crippen LogP contribution >= 0.6 is 0 Å². The van der Waals surface area contributed by atoms with Gasteiger partial charge in [-0.3, -0.25) is 14.5 Å². The fourth-order valence-corrected chi connectivity index (χ4v) is 4.16. The third kappa shape index (κ3) is 3.42. The van der Waals surface area contributed by atoms with Crippen molar-refractivity contribution in [2.24, 2.45) is 5.92 Å². The standard InChI is InChI=1S/C18H29N3O3/c1-14-7-11-20(12-8-14)15(22)13-21-16(23)18(19-17(21)24)9-5-3-2-4-6-10-18/h14H,2-13H2,1H3,(H,19,24). The SMILES string of the molecule is CC1CCN(C(=O)CN2C(=O)NC3(CCCCCCC3)C2=O)CC1. The van der Waals surface area contributed by atoms with Crippen LogP contribution in [0.4, 0.5) is 4.79 Å². The number of hydrogen-bond acceptors (Lipinski definition) is 3. The molecule has 1 N–H and O–H groups in total. The van der Waals surface area contributed by atoms with Gasteiger partial charge in [0.1, 0.15) is 12.1 Å². The second kappa shape index (κ2) is 7.11. The van der Waals surface area contributed by atoms with Gasteiger partial charge in [-0.05, 0) is 31.6 Å². The molecule has 2 heterocycles. The van der Waals surface area contributed by atoms with E-state index < -0.39 is 5.54 Å². The first kappa shape index (κ1) is 17.2. The Morgan fingerprint density at radius 1 is 1.08 bits per heavy atom. The number of nitrogens with one attached hydrogen (secondary N) is 1. The molecule has 0 aromatic rings. The second-order valence-electron chi connectivity index (χ2n) is 7.73. The van der Waals surface area contributed by atoms with Crippen LogP contribution < -0.4 is 5.32 Å². The lowest BCUT2D eigenvalue weighted by molar-refractivity contribution is -0.140. The Morgan fingerprint density at radius 2 is 1.67 bits per heavy atom. The van der Waals surface area contributed by atoms with Gasteiger partial charge in [0.25, 0.3) is 5.91 Å². The van der Waals surface area contributed by atoms with E-state index in [0.29, 0.717) is 18.8 Å². The number of carbonyl (C=O) groups excluding carboxylic acids is 3. The molecule has 0 unspecified atom stereocenters. The van der Waals surface area contributed by atoms with E-state index in [1.165, 1.54) is 6.42 Å². The summed E-state index contributed by atoms with van der Waals surface area (Å²) in [6.07, 6.45) is 8.72. The average Bonchev–Trinajstić information content (AvgIpc) is 2.77. The van der Waals surface area contributed by atoms with Crippen LogP contribution in [0.2, 0.25) is 0 Å². The van der Waals surface area contributed by atoms with Crippen molar-refractivity contribution in [3.05, 3.63) is 0 Å². The molecule has 3 aliphatic rings. The fraction of sp³-hybridized carbons (Fsp3) is 0.833. The third-order valence-electron chi connectivity index (χ3n) is 5.88. The highest BCUT2D eigenvalue weighted by molar-refractivity contribution is 6.09. The Morgan fingerprint density at radius 3 is 2.29 bits per heavy atom. The molecule has 6 nitrogen and oxygen atoms in total. The number of amides is 4. The lowest BCUT2D eigenvalue weighted by atomic mass is 9.84. The quantitative estimate of drug-likeness (QED) is 0.787. The molecule has 0 bridgehead atoms. The second-order valence-corrected chi connectivity index (χ2v) is 7.73. The van der Waals surface area contributed by atoms with Crippen molar-refractivity contribution in [2.75, 3.05) is 19.6 Å². The molecule has 1 spiro atoms. The van der Waals surface area contributed by atoms with Crippen LogP contribution in [-0.4, -0.2) is 52.8 Å². The fourth-order valence-electron chi connectivity index (χ4n) is 4.16. The monoisotopic (exact) mass is 335 g/mol. The van der Waals surface area contributed by atoms with Gasteiger partial charge in [-0.1, -0.05) is 39.0 Å². The third-order valence-corrected chi connectivity index (χ3v) is 5.88. The molecule has 0 radical (unpaired) electrons. The molecule has 2 saturated heterocycles. The van der Waals surface area contributed by atoms with Crippen LogP contribution in [0.25, 0.3) is 0 Å². The number of imide groups is 1. The highest BCUT2D eigenvalue weighted by atomic mass is 16.2. The Kier molecular flexibility index (Phi) is 5.11. The Balaban J connectivity index is 1.64. The number of carbonyl (C=O) groups is 3. The van der Waals surface area contributed by atoms with E-state index in [4.69, 9.17) is 0 Å². The van der Waals surface area contributed by atoms with Gasteiger partial charge in [-0.25, -0.2) is 4.79 Å². The summed E-state index contributed by atoms with van der Waals surface area (Å²) in [6, 6.07) is -0.390. The number of urea groups is 1. The van der Waals surface area contributed by atoms with Gasteiger partial charge in [-0.15, -0.1) is 0 Å². The Labute approximate surface area is 143 Å². The highest BCUT2D eigenvalue weighted by Gasteiger charge is 2.51. The topological polar surface area (TPSA) is 69.7 Å². The Hall–Kier alpha value is -1.59. The van der Waals surface area contributed by atoms with Crippen molar-refractivity contribution in [2.45, 2.75) is 70.3 Å². The van der Waals surface area contributed by atoms with Crippen LogP contribution in [0, 0.1) is 5.92 Å². The van der Waals surface area contributed by atoms with Crippen molar-refractivity contribution in [1.82, 2.24) is 15.1 Å². The van der Waals surface area contributed by atoms with Crippen LogP contribution in [0.15, 0.2) is 0 Å². The van der Waals surface area contributed by atoms with Crippen LogP contribution in [0.1, 0.15) is 64.7 Å². The summed E-state index contributed by atoms with van der Waals surface area (Å²) >= 11 is 0. The van der Waals surface area contributed by atoms with E-state index in [2.05, 4.69) is 12.2 Å². The minimum absolute atomic E-state index is 0.103. The van der Waals surface area contributed by atoms with Gasteiger partial charge in [0.05, 0.1) is 0 Å². The largest absolute Gasteiger partial charge is 0.341 e.